The quantitative estimate of drug-likeness (QED) is 0.697. The SMILES string of the molecule is Nc1ccc(-c2nnc3cccnn23)cc1Br. The van der Waals surface area contributed by atoms with Gasteiger partial charge >= 0.3 is 0 Å². The average Bonchev–Trinajstić information content (AvgIpc) is 2.76. The molecule has 17 heavy (non-hydrogen) atoms. The fraction of sp³-hybridized carbons (Fsp3) is 0. The highest BCUT2D eigenvalue weighted by Crippen LogP contribution is 2.26. The van der Waals surface area contributed by atoms with Gasteiger partial charge in [-0.25, -0.2) is 0 Å². The van der Waals surface area contributed by atoms with E-state index in [0.717, 1.165) is 15.7 Å². The molecule has 0 aliphatic rings. The molecule has 0 atom stereocenters. The molecular formula is C11H8BrN5. The first-order valence-corrected chi connectivity index (χ1v) is 5.77. The molecule has 5 nitrogen and oxygen atoms in total. The maximum absolute atomic E-state index is 5.75. The fourth-order valence-corrected chi connectivity index (χ4v) is 1.97. The number of halogens is 1. The molecule has 2 N–H and O–H groups in total. The second kappa shape index (κ2) is 3.81. The van der Waals surface area contributed by atoms with Gasteiger partial charge in [0, 0.05) is 21.9 Å². The van der Waals surface area contributed by atoms with Crippen LogP contribution in [-0.2, 0) is 0 Å². The first-order valence-electron chi connectivity index (χ1n) is 4.97. The van der Waals surface area contributed by atoms with Gasteiger partial charge in [-0.1, -0.05) is 0 Å². The summed E-state index contributed by atoms with van der Waals surface area (Å²) < 4.78 is 2.53. The summed E-state index contributed by atoms with van der Waals surface area (Å²) in [5, 5.41) is 12.4. The van der Waals surface area contributed by atoms with Crippen LogP contribution in [-0.4, -0.2) is 19.8 Å². The summed E-state index contributed by atoms with van der Waals surface area (Å²) >= 11 is 3.39. The molecule has 0 aliphatic heterocycles. The molecule has 0 saturated carbocycles. The van der Waals surface area contributed by atoms with Gasteiger partial charge in [-0.2, -0.15) is 9.61 Å². The number of hydrogen-bond acceptors (Lipinski definition) is 4. The summed E-state index contributed by atoms with van der Waals surface area (Å²) in [5.41, 5.74) is 8.07. The first kappa shape index (κ1) is 10.2. The lowest BCUT2D eigenvalue weighted by atomic mass is 10.2. The van der Waals surface area contributed by atoms with Crippen molar-refractivity contribution < 1.29 is 0 Å². The maximum Gasteiger partial charge on any atom is 0.185 e. The van der Waals surface area contributed by atoms with Gasteiger partial charge in [0.15, 0.2) is 11.5 Å². The maximum atomic E-state index is 5.75. The Morgan fingerprint density at radius 1 is 1.18 bits per heavy atom. The smallest absolute Gasteiger partial charge is 0.185 e. The number of nitrogen functional groups attached to an aromatic ring is 1. The van der Waals surface area contributed by atoms with Crippen molar-refractivity contribution in [3.63, 3.8) is 0 Å². The van der Waals surface area contributed by atoms with Crippen LogP contribution in [0.3, 0.4) is 0 Å². The van der Waals surface area contributed by atoms with Crippen molar-refractivity contribution in [2.45, 2.75) is 0 Å². The van der Waals surface area contributed by atoms with Gasteiger partial charge in [-0.05, 0) is 46.3 Å². The Balaban J connectivity index is 2.24. The minimum atomic E-state index is 0.690. The van der Waals surface area contributed by atoms with Crippen LogP contribution in [0.4, 0.5) is 5.69 Å². The molecule has 0 saturated heterocycles. The molecule has 84 valence electrons. The molecule has 0 radical (unpaired) electrons. The zero-order chi connectivity index (χ0) is 11.8. The Morgan fingerprint density at radius 2 is 2.06 bits per heavy atom. The number of anilines is 1. The Kier molecular flexibility index (Phi) is 2.29. The number of nitrogens with two attached hydrogens (primary N) is 1. The van der Waals surface area contributed by atoms with E-state index in [-0.39, 0.29) is 0 Å². The molecule has 2 aromatic heterocycles. The molecule has 0 spiro atoms. The normalized spacial score (nSPS) is 10.9. The highest BCUT2D eigenvalue weighted by atomic mass is 79.9. The number of aromatic nitrogens is 4. The van der Waals surface area contributed by atoms with Gasteiger partial charge in [0.2, 0.25) is 0 Å². The number of rotatable bonds is 1. The van der Waals surface area contributed by atoms with Crippen LogP contribution in [0.1, 0.15) is 0 Å². The van der Waals surface area contributed by atoms with E-state index >= 15 is 0 Å². The summed E-state index contributed by atoms with van der Waals surface area (Å²) in [7, 11) is 0. The predicted octanol–water partition coefficient (Wildman–Crippen LogP) is 2.14. The molecule has 6 heteroatoms. The first-order chi connectivity index (χ1) is 8.25. The highest BCUT2D eigenvalue weighted by molar-refractivity contribution is 9.10. The predicted molar refractivity (Wildman–Crippen MR) is 68.3 cm³/mol. The number of benzene rings is 1. The van der Waals surface area contributed by atoms with Gasteiger partial charge in [0.05, 0.1) is 0 Å². The van der Waals surface area contributed by atoms with E-state index in [2.05, 4.69) is 31.2 Å². The van der Waals surface area contributed by atoms with E-state index in [1.807, 2.05) is 30.3 Å². The van der Waals surface area contributed by atoms with Crippen molar-refractivity contribution in [2.24, 2.45) is 0 Å². The second-order valence-corrected chi connectivity index (χ2v) is 4.41. The zero-order valence-electron chi connectivity index (χ0n) is 8.71. The summed E-state index contributed by atoms with van der Waals surface area (Å²) in [4.78, 5) is 0. The van der Waals surface area contributed by atoms with Crippen molar-refractivity contribution in [3.8, 4) is 11.4 Å². The lowest BCUT2D eigenvalue weighted by Crippen LogP contribution is -1.94. The monoisotopic (exact) mass is 289 g/mol. The Labute approximate surface area is 105 Å². The van der Waals surface area contributed by atoms with Gasteiger partial charge in [0.25, 0.3) is 0 Å². The molecule has 0 fully saturated rings. The Bertz CT molecular complexity index is 691. The third-order valence-electron chi connectivity index (χ3n) is 2.44. The van der Waals surface area contributed by atoms with E-state index < -0.39 is 0 Å². The fourth-order valence-electron chi connectivity index (χ4n) is 1.59. The Morgan fingerprint density at radius 3 is 2.88 bits per heavy atom. The van der Waals surface area contributed by atoms with E-state index in [9.17, 15) is 0 Å². The molecule has 0 aliphatic carbocycles. The standard InChI is InChI=1S/C11H8BrN5/c12-8-6-7(3-4-9(8)13)11-16-15-10-2-1-5-14-17(10)11/h1-6H,13H2. The van der Waals surface area contributed by atoms with Gasteiger partial charge in [-0.3, -0.25) is 0 Å². The third kappa shape index (κ3) is 1.66. The van der Waals surface area contributed by atoms with Crippen LogP contribution >= 0.6 is 15.9 Å². The summed E-state index contributed by atoms with van der Waals surface area (Å²) in [6, 6.07) is 9.30. The van der Waals surface area contributed by atoms with Gasteiger partial charge < -0.3 is 5.73 Å². The van der Waals surface area contributed by atoms with E-state index in [1.54, 1.807) is 10.7 Å². The Hall–Kier alpha value is -1.95. The van der Waals surface area contributed by atoms with Crippen molar-refractivity contribution in [2.75, 3.05) is 5.73 Å². The summed E-state index contributed by atoms with van der Waals surface area (Å²) in [6.45, 7) is 0. The van der Waals surface area contributed by atoms with Crippen LogP contribution in [0.2, 0.25) is 0 Å². The minimum Gasteiger partial charge on any atom is -0.398 e. The molecular weight excluding hydrogens is 282 g/mol. The van der Waals surface area contributed by atoms with E-state index in [4.69, 9.17) is 5.73 Å². The molecule has 0 bridgehead atoms. The highest BCUT2D eigenvalue weighted by Gasteiger charge is 2.09. The van der Waals surface area contributed by atoms with Gasteiger partial charge in [0.1, 0.15) is 0 Å². The third-order valence-corrected chi connectivity index (χ3v) is 3.12. The number of nitrogens with zero attached hydrogens (tertiary/aromatic N) is 4. The minimum absolute atomic E-state index is 0.690. The van der Waals surface area contributed by atoms with E-state index in [0.29, 0.717) is 11.5 Å². The second-order valence-electron chi connectivity index (χ2n) is 3.55. The average molecular weight is 290 g/mol. The molecule has 3 aromatic rings. The lowest BCUT2D eigenvalue weighted by Gasteiger charge is -2.01. The zero-order valence-corrected chi connectivity index (χ0v) is 10.3. The van der Waals surface area contributed by atoms with E-state index in [1.165, 1.54) is 0 Å². The van der Waals surface area contributed by atoms with Crippen LogP contribution in [0, 0.1) is 0 Å². The largest absolute Gasteiger partial charge is 0.398 e. The summed E-state index contributed by atoms with van der Waals surface area (Å²) in [6.07, 6.45) is 1.70. The van der Waals surface area contributed by atoms with Crippen molar-refractivity contribution in [1.82, 2.24) is 19.8 Å². The summed E-state index contributed by atoms with van der Waals surface area (Å²) in [5.74, 6) is 0.696. The molecule has 2 heterocycles. The molecule has 3 rings (SSSR count). The molecule has 0 amide bonds. The lowest BCUT2D eigenvalue weighted by molar-refractivity contribution is 0.935. The van der Waals surface area contributed by atoms with Crippen LogP contribution < -0.4 is 5.73 Å². The van der Waals surface area contributed by atoms with Gasteiger partial charge in [-0.15, -0.1) is 10.2 Å². The molecule has 1 aromatic carbocycles. The van der Waals surface area contributed by atoms with Crippen LogP contribution in [0.5, 0.6) is 0 Å². The van der Waals surface area contributed by atoms with Crippen LogP contribution in [0.15, 0.2) is 41.0 Å². The molecule has 0 unspecified atom stereocenters. The topological polar surface area (TPSA) is 69.1 Å². The van der Waals surface area contributed by atoms with Crippen molar-refractivity contribution >= 4 is 27.3 Å². The van der Waals surface area contributed by atoms with Crippen LogP contribution in [0.25, 0.3) is 17.0 Å². The van der Waals surface area contributed by atoms with Crippen molar-refractivity contribution in [3.05, 3.63) is 41.0 Å². The number of hydrogen-bond donors (Lipinski definition) is 1. The number of fused-ring (bicyclic) bond motifs is 1. The van der Waals surface area contributed by atoms with Crippen molar-refractivity contribution in [1.29, 1.82) is 0 Å².